The first-order valence-electron chi connectivity index (χ1n) is 9.24. The number of sulfone groups is 1. The maximum atomic E-state index is 12.8. The predicted molar refractivity (Wildman–Crippen MR) is 103 cm³/mol. The van der Waals surface area contributed by atoms with E-state index in [1.54, 1.807) is 26.2 Å². The normalized spacial score (nSPS) is 21.3. The minimum absolute atomic E-state index is 0.0310. The van der Waals surface area contributed by atoms with Gasteiger partial charge in [-0.1, -0.05) is 6.07 Å². The summed E-state index contributed by atoms with van der Waals surface area (Å²) in [4.78, 5) is 16.5. The zero-order valence-electron chi connectivity index (χ0n) is 16.2. The quantitative estimate of drug-likeness (QED) is 0.660. The second kappa shape index (κ2) is 8.06. The lowest BCUT2D eigenvalue weighted by molar-refractivity contribution is -0.133. The number of carbonyl (C=O) groups excluding carboxylic acids is 1. The Kier molecular flexibility index (Phi) is 5.95. The molecule has 1 atom stereocenters. The van der Waals surface area contributed by atoms with Crippen LogP contribution in [0.2, 0.25) is 0 Å². The van der Waals surface area contributed by atoms with E-state index >= 15 is 0 Å². The second-order valence-electron chi connectivity index (χ2n) is 7.38. The van der Waals surface area contributed by atoms with Crippen LogP contribution >= 0.6 is 0 Å². The van der Waals surface area contributed by atoms with Gasteiger partial charge in [-0.2, -0.15) is 0 Å². The molecule has 0 aromatic heterocycles. The summed E-state index contributed by atoms with van der Waals surface area (Å²) in [5.74, 6) is 1.68. The van der Waals surface area contributed by atoms with Crippen molar-refractivity contribution >= 4 is 15.7 Å². The van der Waals surface area contributed by atoms with Crippen molar-refractivity contribution in [1.29, 1.82) is 0 Å². The van der Waals surface area contributed by atoms with Crippen molar-refractivity contribution in [3.8, 4) is 11.5 Å². The number of nitrogens with zero attached hydrogens (tertiary/aromatic N) is 2. The molecule has 27 heavy (non-hydrogen) atoms. The molecule has 1 unspecified atom stereocenters. The van der Waals surface area contributed by atoms with Gasteiger partial charge in [0.1, 0.15) is 11.5 Å². The highest BCUT2D eigenvalue weighted by Crippen LogP contribution is 2.32. The molecule has 1 saturated heterocycles. The number of methoxy groups -OCH3 is 2. The zero-order chi connectivity index (χ0) is 19.6. The van der Waals surface area contributed by atoms with Crippen molar-refractivity contribution in [2.24, 2.45) is 0 Å². The van der Waals surface area contributed by atoms with Gasteiger partial charge in [-0.15, -0.1) is 0 Å². The number of rotatable bonds is 8. The number of ether oxygens (including phenoxy) is 2. The third-order valence-corrected chi connectivity index (χ3v) is 7.17. The van der Waals surface area contributed by atoms with Gasteiger partial charge in [-0.3, -0.25) is 9.69 Å². The van der Waals surface area contributed by atoms with E-state index in [-0.39, 0.29) is 30.0 Å². The van der Waals surface area contributed by atoms with Crippen LogP contribution in [0.15, 0.2) is 18.2 Å². The van der Waals surface area contributed by atoms with E-state index in [0.29, 0.717) is 19.0 Å². The van der Waals surface area contributed by atoms with Gasteiger partial charge >= 0.3 is 0 Å². The van der Waals surface area contributed by atoms with Crippen molar-refractivity contribution < 1.29 is 22.7 Å². The smallest absolute Gasteiger partial charge is 0.236 e. The van der Waals surface area contributed by atoms with Gasteiger partial charge in [0.25, 0.3) is 0 Å². The SMILES string of the molecule is COc1ccc(CN(CC(=O)N(C)C2CCS(=O)(=O)C2)C2CC2)c(OC)c1. The highest BCUT2D eigenvalue weighted by atomic mass is 32.2. The molecule has 1 heterocycles. The summed E-state index contributed by atoms with van der Waals surface area (Å²) in [5.41, 5.74) is 1.00. The lowest BCUT2D eigenvalue weighted by Crippen LogP contribution is -2.44. The van der Waals surface area contributed by atoms with Crippen LogP contribution in [0.4, 0.5) is 0 Å². The molecule has 7 nitrogen and oxygen atoms in total. The van der Waals surface area contributed by atoms with Crippen LogP contribution in [0.5, 0.6) is 11.5 Å². The van der Waals surface area contributed by atoms with Crippen LogP contribution in [0.3, 0.4) is 0 Å². The van der Waals surface area contributed by atoms with Crippen LogP contribution in [-0.4, -0.2) is 75.5 Å². The molecule has 1 saturated carbocycles. The molecule has 0 radical (unpaired) electrons. The van der Waals surface area contributed by atoms with Crippen LogP contribution in [0, 0.1) is 0 Å². The fraction of sp³-hybridized carbons (Fsp3) is 0.632. The van der Waals surface area contributed by atoms with Crippen LogP contribution in [-0.2, 0) is 21.2 Å². The molecule has 0 bridgehead atoms. The summed E-state index contributed by atoms with van der Waals surface area (Å²) in [6, 6.07) is 5.88. The fourth-order valence-electron chi connectivity index (χ4n) is 3.52. The largest absolute Gasteiger partial charge is 0.497 e. The molecule has 0 spiro atoms. The number of amides is 1. The number of hydrogen-bond donors (Lipinski definition) is 0. The van der Waals surface area contributed by atoms with E-state index in [2.05, 4.69) is 4.90 Å². The Morgan fingerprint density at radius 1 is 1.15 bits per heavy atom. The average Bonchev–Trinajstić information content (AvgIpc) is 3.43. The van der Waals surface area contributed by atoms with Gasteiger partial charge in [-0.05, 0) is 25.3 Å². The van der Waals surface area contributed by atoms with E-state index in [4.69, 9.17) is 9.47 Å². The van der Waals surface area contributed by atoms with Crippen molar-refractivity contribution in [2.45, 2.75) is 37.9 Å². The van der Waals surface area contributed by atoms with Gasteiger partial charge in [0, 0.05) is 37.3 Å². The maximum absolute atomic E-state index is 12.8. The third kappa shape index (κ3) is 4.93. The lowest BCUT2D eigenvalue weighted by Gasteiger charge is -2.28. The van der Waals surface area contributed by atoms with E-state index in [0.717, 1.165) is 29.9 Å². The molecule has 1 aliphatic heterocycles. The topological polar surface area (TPSA) is 76.2 Å². The molecular formula is C19H28N2O5S. The standard InChI is InChI=1S/C19H28N2O5S/c1-20(16-8-9-27(23,24)13-16)19(22)12-21(15-5-6-15)11-14-4-7-17(25-2)10-18(14)26-3/h4,7,10,15-16H,5-6,8-9,11-13H2,1-3H3. The fourth-order valence-corrected chi connectivity index (χ4v) is 5.30. The molecule has 2 fully saturated rings. The Morgan fingerprint density at radius 2 is 1.89 bits per heavy atom. The highest BCUT2D eigenvalue weighted by Gasteiger charge is 2.35. The Morgan fingerprint density at radius 3 is 2.44 bits per heavy atom. The maximum Gasteiger partial charge on any atom is 0.236 e. The molecule has 150 valence electrons. The summed E-state index contributed by atoms with van der Waals surface area (Å²) in [5, 5.41) is 0. The van der Waals surface area contributed by atoms with Crippen molar-refractivity contribution in [2.75, 3.05) is 39.3 Å². The number of benzene rings is 1. The Balaban J connectivity index is 1.67. The first-order chi connectivity index (χ1) is 12.8. The summed E-state index contributed by atoms with van der Waals surface area (Å²) < 4.78 is 34.1. The minimum atomic E-state index is -3.01. The molecule has 3 rings (SSSR count). The van der Waals surface area contributed by atoms with Gasteiger partial charge in [0.05, 0.1) is 32.3 Å². The Hall–Kier alpha value is -1.80. The first kappa shape index (κ1) is 19.9. The van der Waals surface area contributed by atoms with Gasteiger partial charge in [-0.25, -0.2) is 8.42 Å². The summed E-state index contributed by atoms with van der Waals surface area (Å²) in [7, 11) is 1.95. The van der Waals surface area contributed by atoms with E-state index in [9.17, 15) is 13.2 Å². The molecule has 2 aliphatic rings. The summed E-state index contributed by atoms with van der Waals surface area (Å²) in [6.07, 6.45) is 2.68. The van der Waals surface area contributed by atoms with Crippen molar-refractivity contribution in [1.82, 2.24) is 9.80 Å². The van der Waals surface area contributed by atoms with Gasteiger partial charge in [0.15, 0.2) is 9.84 Å². The third-order valence-electron chi connectivity index (χ3n) is 5.42. The minimum Gasteiger partial charge on any atom is -0.497 e. The molecule has 1 amide bonds. The lowest BCUT2D eigenvalue weighted by atomic mass is 10.1. The predicted octanol–water partition coefficient (Wildman–Crippen LogP) is 1.31. The molecule has 1 aliphatic carbocycles. The molecule has 8 heteroatoms. The van der Waals surface area contributed by atoms with Crippen LogP contribution in [0.25, 0.3) is 0 Å². The monoisotopic (exact) mass is 396 g/mol. The van der Waals surface area contributed by atoms with E-state index in [1.165, 1.54) is 0 Å². The van der Waals surface area contributed by atoms with Gasteiger partial charge in [0.2, 0.25) is 5.91 Å². The number of hydrogen-bond acceptors (Lipinski definition) is 6. The van der Waals surface area contributed by atoms with E-state index in [1.807, 2.05) is 18.2 Å². The highest BCUT2D eigenvalue weighted by molar-refractivity contribution is 7.91. The Labute approximate surface area is 161 Å². The van der Waals surface area contributed by atoms with Crippen molar-refractivity contribution in [3.63, 3.8) is 0 Å². The van der Waals surface area contributed by atoms with Crippen LogP contribution < -0.4 is 9.47 Å². The summed E-state index contributed by atoms with van der Waals surface area (Å²) >= 11 is 0. The number of likely N-dealkylation sites (N-methyl/N-ethyl adjacent to an activating group) is 1. The molecule has 0 N–H and O–H groups in total. The first-order valence-corrected chi connectivity index (χ1v) is 11.1. The van der Waals surface area contributed by atoms with Crippen molar-refractivity contribution in [3.05, 3.63) is 23.8 Å². The van der Waals surface area contributed by atoms with E-state index < -0.39 is 9.84 Å². The summed E-state index contributed by atoms with van der Waals surface area (Å²) in [6.45, 7) is 0.896. The van der Waals surface area contributed by atoms with Gasteiger partial charge < -0.3 is 14.4 Å². The molecular weight excluding hydrogens is 368 g/mol. The molecule has 1 aromatic rings. The van der Waals surface area contributed by atoms with Crippen LogP contribution in [0.1, 0.15) is 24.8 Å². The zero-order valence-corrected chi connectivity index (χ0v) is 17.0. The molecule has 1 aromatic carbocycles. The number of carbonyl (C=O) groups is 1. The second-order valence-corrected chi connectivity index (χ2v) is 9.60. The Bertz CT molecular complexity index is 791. The average molecular weight is 397 g/mol.